The Balaban J connectivity index is 2.06. The molecule has 1 atom stereocenters. The summed E-state index contributed by atoms with van der Waals surface area (Å²) in [7, 11) is -3.81. The minimum absolute atomic E-state index is 0.0389. The van der Waals surface area contributed by atoms with Gasteiger partial charge in [-0.25, -0.2) is 13.4 Å². The number of nitrogens with zero attached hydrogens (tertiary/aromatic N) is 4. The van der Waals surface area contributed by atoms with Crippen LogP contribution in [0.5, 0.6) is 0 Å². The Morgan fingerprint density at radius 1 is 1.15 bits per heavy atom. The molecule has 0 N–H and O–H groups in total. The van der Waals surface area contributed by atoms with Crippen LogP contribution in [0.25, 0.3) is 5.69 Å². The summed E-state index contributed by atoms with van der Waals surface area (Å²) < 4.78 is 33.1. The Labute approximate surface area is 153 Å². The normalized spacial score (nSPS) is 13.3. The summed E-state index contributed by atoms with van der Waals surface area (Å²) in [4.78, 5) is 8.33. The Morgan fingerprint density at radius 3 is 2.54 bits per heavy atom. The molecule has 7 nitrogen and oxygen atoms in total. The summed E-state index contributed by atoms with van der Waals surface area (Å²) in [5, 5.41) is 2.83. The number of hydrogen-bond donors (Lipinski definition) is 0. The fourth-order valence-corrected chi connectivity index (χ4v) is 3.92. The van der Waals surface area contributed by atoms with Gasteiger partial charge in [0.15, 0.2) is 5.82 Å². The molecule has 0 amide bonds. The van der Waals surface area contributed by atoms with Crippen molar-refractivity contribution in [2.45, 2.75) is 50.9 Å². The molecule has 0 radical (unpaired) electrons. The van der Waals surface area contributed by atoms with E-state index in [4.69, 9.17) is 4.52 Å². The topological polar surface area (TPSA) is 90.9 Å². The Bertz CT molecular complexity index is 1030. The van der Waals surface area contributed by atoms with Crippen LogP contribution in [-0.4, -0.2) is 28.1 Å². The lowest BCUT2D eigenvalue weighted by Gasteiger charge is -2.14. The van der Waals surface area contributed by atoms with Gasteiger partial charge in [-0.15, -0.1) is 0 Å². The van der Waals surface area contributed by atoms with Crippen molar-refractivity contribution in [2.75, 3.05) is 0 Å². The van der Waals surface area contributed by atoms with Gasteiger partial charge in [0.05, 0.1) is 5.69 Å². The zero-order valence-corrected chi connectivity index (χ0v) is 16.3. The van der Waals surface area contributed by atoms with Crippen LogP contribution in [0.1, 0.15) is 54.8 Å². The first-order valence-electron chi connectivity index (χ1n) is 8.40. The highest BCUT2D eigenvalue weighted by atomic mass is 32.2. The average molecular weight is 374 g/mol. The number of benzene rings is 1. The Morgan fingerprint density at radius 2 is 1.88 bits per heavy atom. The van der Waals surface area contributed by atoms with E-state index in [9.17, 15) is 8.42 Å². The van der Waals surface area contributed by atoms with E-state index in [1.54, 1.807) is 10.8 Å². The molecule has 0 bridgehead atoms. The number of hydrogen-bond acceptors (Lipinski definition) is 6. The molecular formula is C18H22N4O3S. The summed E-state index contributed by atoms with van der Waals surface area (Å²) in [5.74, 6) is 0.614. The van der Waals surface area contributed by atoms with Crippen LogP contribution in [-0.2, 0) is 9.84 Å². The molecule has 0 aliphatic carbocycles. The van der Waals surface area contributed by atoms with Gasteiger partial charge in [-0.05, 0) is 38.0 Å². The predicted molar refractivity (Wildman–Crippen MR) is 97.0 cm³/mol. The van der Waals surface area contributed by atoms with Crippen molar-refractivity contribution in [2.24, 2.45) is 0 Å². The van der Waals surface area contributed by atoms with Crippen LogP contribution >= 0.6 is 0 Å². The first kappa shape index (κ1) is 18.3. The molecule has 26 heavy (non-hydrogen) atoms. The zero-order valence-electron chi connectivity index (χ0n) is 15.5. The minimum atomic E-state index is -3.81. The van der Waals surface area contributed by atoms with Crippen molar-refractivity contribution in [3.63, 3.8) is 0 Å². The summed E-state index contributed by atoms with van der Waals surface area (Å²) >= 11 is 0. The van der Waals surface area contributed by atoms with E-state index in [1.165, 1.54) is 13.1 Å². The molecule has 0 saturated heterocycles. The van der Waals surface area contributed by atoms with Gasteiger partial charge in [0.25, 0.3) is 0 Å². The minimum Gasteiger partial charge on any atom is -0.338 e. The van der Waals surface area contributed by atoms with Gasteiger partial charge in [-0.1, -0.05) is 31.1 Å². The number of aryl methyl sites for hydroxylation is 2. The van der Waals surface area contributed by atoms with Crippen molar-refractivity contribution in [3.05, 3.63) is 53.4 Å². The third-order valence-electron chi connectivity index (χ3n) is 4.27. The van der Waals surface area contributed by atoms with Gasteiger partial charge < -0.3 is 4.52 Å². The molecule has 3 aromatic rings. The van der Waals surface area contributed by atoms with Crippen LogP contribution in [0, 0.1) is 13.8 Å². The lowest BCUT2D eigenvalue weighted by molar-refractivity contribution is 0.369. The van der Waals surface area contributed by atoms with Gasteiger partial charge >= 0.3 is 0 Å². The largest absolute Gasteiger partial charge is 0.338 e. The van der Waals surface area contributed by atoms with Gasteiger partial charge in [0.1, 0.15) is 5.25 Å². The van der Waals surface area contributed by atoms with E-state index in [2.05, 4.69) is 15.1 Å². The van der Waals surface area contributed by atoms with Crippen LogP contribution in [0.3, 0.4) is 0 Å². The molecule has 0 fully saturated rings. The summed E-state index contributed by atoms with van der Waals surface area (Å²) in [5.41, 5.74) is 2.77. The lowest BCUT2D eigenvalue weighted by Crippen LogP contribution is -2.16. The molecule has 2 aromatic heterocycles. The second-order valence-corrected chi connectivity index (χ2v) is 8.86. The smallest absolute Gasteiger partial charge is 0.245 e. The highest BCUT2D eigenvalue weighted by Gasteiger charge is 2.34. The van der Waals surface area contributed by atoms with Crippen LogP contribution < -0.4 is 0 Å². The summed E-state index contributed by atoms with van der Waals surface area (Å²) in [6.07, 6.45) is 3.13. The lowest BCUT2D eigenvalue weighted by atomic mass is 10.1. The number of aromatic nitrogens is 4. The molecule has 138 valence electrons. The van der Waals surface area contributed by atoms with E-state index < -0.39 is 15.1 Å². The Kier molecular flexibility index (Phi) is 4.70. The molecule has 0 aliphatic heterocycles. The highest BCUT2D eigenvalue weighted by Crippen LogP contribution is 2.29. The van der Waals surface area contributed by atoms with Crippen molar-refractivity contribution in [3.8, 4) is 5.69 Å². The van der Waals surface area contributed by atoms with Gasteiger partial charge in [-0.3, -0.25) is 4.57 Å². The fraction of sp³-hybridized carbons (Fsp3) is 0.389. The third kappa shape index (κ3) is 3.16. The van der Waals surface area contributed by atoms with Crippen LogP contribution in [0.4, 0.5) is 0 Å². The molecule has 8 heteroatoms. The maximum absolute atomic E-state index is 13.2. The molecule has 1 aromatic carbocycles. The SMILES string of the molecule is Cc1ccc(C)c(-n2ccnc2S(=O)(=O)C(C)c2nc(C(C)C)no2)c1. The number of imidazole rings is 1. The van der Waals surface area contributed by atoms with E-state index in [1.807, 2.05) is 45.9 Å². The maximum Gasteiger partial charge on any atom is 0.245 e. The zero-order chi connectivity index (χ0) is 19.1. The molecule has 0 spiro atoms. The van der Waals surface area contributed by atoms with Crippen LogP contribution in [0.2, 0.25) is 0 Å². The van der Waals surface area contributed by atoms with Crippen molar-refractivity contribution >= 4 is 9.84 Å². The van der Waals surface area contributed by atoms with E-state index in [0.717, 1.165) is 16.8 Å². The molecule has 0 saturated carbocycles. The standard InChI is InChI=1S/C18H22N4O3S/c1-11(2)16-20-17(25-21-16)14(5)26(23,24)18-19-8-9-22(18)15-10-12(3)6-7-13(15)4/h6-11,14H,1-5H3. The van der Waals surface area contributed by atoms with E-state index in [-0.39, 0.29) is 17.0 Å². The van der Waals surface area contributed by atoms with Crippen molar-refractivity contribution in [1.29, 1.82) is 0 Å². The molecule has 3 rings (SSSR count). The maximum atomic E-state index is 13.2. The fourth-order valence-electron chi connectivity index (χ4n) is 2.60. The third-order valence-corrected chi connectivity index (χ3v) is 6.22. The van der Waals surface area contributed by atoms with E-state index in [0.29, 0.717) is 5.82 Å². The van der Waals surface area contributed by atoms with Gasteiger partial charge in [-0.2, -0.15) is 4.98 Å². The second-order valence-electron chi connectivity index (χ2n) is 6.70. The molecule has 1 unspecified atom stereocenters. The molecule has 2 heterocycles. The predicted octanol–water partition coefficient (Wildman–Crippen LogP) is 3.53. The monoisotopic (exact) mass is 374 g/mol. The van der Waals surface area contributed by atoms with Gasteiger partial charge in [0.2, 0.25) is 20.9 Å². The second kappa shape index (κ2) is 6.68. The molecular weight excluding hydrogens is 352 g/mol. The number of sulfone groups is 1. The average Bonchev–Trinajstić information content (AvgIpc) is 3.25. The Hall–Kier alpha value is -2.48. The van der Waals surface area contributed by atoms with Crippen molar-refractivity contribution < 1.29 is 12.9 Å². The van der Waals surface area contributed by atoms with E-state index >= 15 is 0 Å². The summed E-state index contributed by atoms with van der Waals surface area (Å²) in [6, 6.07) is 5.88. The highest BCUT2D eigenvalue weighted by molar-refractivity contribution is 7.91. The quantitative estimate of drug-likeness (QED) is 0.678. The molecule has 0 aliphatic rings. The van der Waals surface area contributed by atoms with Gasteiger partial charge in [0, 0.05) is 18.3 Å². The first-order valence-corrected chi connectivity index (χ1v) is 9.94. The number of rotatable bonds is 5. The van der Waals surface area contributed by atoms with Crippen LogP contribution in [0.15, 0.2) is 40.3 Å². The first-order chi connectivity index (χ1) is 12.2. The summed E-state index contributed by atoms with van der Waals surface area (Å²) in [6.45, 7) is 9.27. The van der Waals surface area contributed by atoms with Crippen molar-refractivity contribution in [1.82, 2.24) is 19.7 Å².